The van der Waals surface area contributed by atoms with Gasteiger partial charge in [-0.05, 0) is 50.2 Å². The van der Waals surface area contributed by atoms with Crippen LogP contribution in [0.5, 0.6) is 0 Å². The highest BCUT2D eigenvalue weighted by atomic mass is 32.2. The lowest BCUT2D eigenvalue weighted by Gasteiger charge is -2.47. The average Bonchev–Trinajstić information content (AvgIpc) is 2.08. The number of hydrogen-bond acceptors (Lipinski definition) is 2. The maximum absolute atomic E-state index is 3.72. The molecular weight excluding hydrogens is 190 g/mol. The van der Waals surface area contributed by atoms with E-state index in [2.05, 4.69) is 25.4 Å². The fraction of sp³-hybridized carbons (Fsp3) is 1.00. The molecule has 2 aliphatic rings. The molecule has 0 amide bonds. The molecule has 2 heteroatoms. The van der Waals surface area contributed by atoms with Crippen LogP contribution in [0.15, 0.2) is 0 Å². The Bertz CT molecular complexity index is 193. The lowest BCUT2D eigenvalue weighted by Crippen LogP contribution is -2.49. The second-order valence-electron chi connectivity index (χ2n) is 5.17. The van der Waals surface area contributed by atoms with Crippen molar-refractivity contribution in [2.75, 3.05) is 12.8 Å². The standard InChI is InChI=1S/C12H23NS/c1-8-6-10(14-3)7-13-9(2)12-5-4-11(8)12/h8-13H,4-7H2,1-3H3. The van der Waals surface area contributed by atoms with E-state index in [9.17, 15) is 0 Å². The van der Waals surface area contributed by atoms with Gasteiger partial charge in [0.2, 0.25) is 0 Å². The zero-order chi connectivity index (χ0) is 10.1. The van der Waals surface area contributed by atoms with Crippen molar-refractivity contribution in [3.8, 4) is 0 Å². The normalized spacial score (nSPS) is 48.6. The number of hydrogen-bond donors (Lipinski definition) is 1. The molecule has 0 aromatic carbocycles. The van der Waals surface area contributed by atoms with Crippen LogP contribution in [0.3, 0.4) is 0 Å². The lowest BCUT2D eigenvalue weighted by molar-refractivity contribution is 0.0667. The van der Waals surface area contributed by atoms with Crippen molar-refractivity contribution in [3.05, 3.63) is 0 Å². The highest BCUT2D eigenvalue weighted by molar-refractivity contribution is 7.99. The van der Waals surface area contributed by atoms with Crippen LogP contribution in [0.4, 0.5) is 0 Å². The molecule has 1 aliphatic heterocycles. The smallest absolute Gasteiger partial charge is 0.0172 e. The Balaban J connectivity index is 1.99. The van der Waals surface area contributed by atoms with Gasteiger partial charge >= 0.3 is 0 Å². The van der Waals surface area contributed by atoms with E-state index in [-0.39, 0.29) is 0 Å². The molecule has 82 valence electrons. The van der Waals surface area contributed by atoms with E-state index in [1.54, 1.807) is 0 Å². The van der Waals surface area contributed by atoms with Crippen molar-refractivity contribution >= 4 is 11.8 Å². The molecule has 2 rings (SSSR count). The van der Waals surface area contributed by atoms with Gasteiger partial charge in [-0.25, -0.2) is 0 Å². The summed E-state index contributed by atoms with van der Waals surface area (Å²) >= 11 is 2.04. The molecule has 1 aliphatic carbocycles. The second kappa shape index (κ2) is 4.44. The first-order valence-electron chi connectivity index (χ1n) is 5.98. The maximum Gasteiger partial charge on any atom is 0.0172 e. The first-order chi connectivity index (χ1) is 6.72. The molecule has 1 N–H and O–H groups in total. The van der Waals surface area contributed by atoms with Crippen LogP contribution in [0.25, 0.3) is 0 Å². The van der Waals surface area contributed by atoms with Crippen molar-refractivity contribution in [2.24, 2.45) is 17.8 Å². The fourth-order valence-corrected chi connectivity index (χ4v) is 3.96. The van der Waals surface area contributed by atoms with E-state index >= 15 is 0 Å². The predicted octanol–water partition coefficient (Wildman–Crippen LogP) is 2.76. The molecule has 0 aromatic heterocycles. The van der Waals surface area contributed by atoms with E-state index in [4.69, 9.17) is 0 Å². The molecule has 5 atom stereocenters. The summed E-state index contributed by atoms with van der Waals surface area (Å²) in [5.41, 5.74) is 0. The minimum Gasteiger partial charge on any atom is -0.313 e. The molecule has 0 radical (unpaired) electrons. The van der Waals surface area contributed by atoms with Crippen molar-refractivity contribution < 1.29 is 0 Å². The summed E-state index contributed by atoms with van der Waals surface area (Å²) in [5, 5.41) is 4.56. The van der Waals surface area contributed by atoms with Crippen molar-refractivity contribution in [2.45, 2.75) is 44.4 Å². The zero-order valence-electron chi connectivity index (χ0n) is 9.62. The number of rotatable bonds is 1. The summed E-state index contributed by atoms with van der Waals surface area (Å²) in [6.07, 6.45) is 6.62. The molecule has 1 saturated heterocycles. The number of fused-ring (bicyclic) bond motifs is 1. The Morgan fingerprint density at radius 3 is 2.43 bits per heavy atom. The largest absolute Gasteiger partial charge is 0.313 e. The van der Waals surface area contributed by atoms with E-state index in [1.807, 2.05) is 11.8 Å². The van der Waals surface area contributed by atoms with Crippen molar-refractivity contribution in [1.82, 2.24) is 5.32 Å². The molecule has 1 nitrogen and oxygen atoms in total. The summed E-state index contributed by atoms with van der Waals surface area (Å²) in [6, 6.07) is 0.756. The van der Waals surface area contributed by atoms with E-state index in [1.165, 1.54) is 25.8 Å². The maximum atomic E-state index is 3.72. The van der Waals surface area contributed by atoms with Crippen LogP contribution in [-0.2, 0) is 0 Å². The van der Waals surface area contributed by atoms with E-state index < -0.39 is 0 Å². The monoisotopic (exact) mass is 213 g/mol. The van der Waals surface area contributed by atoms with Crippen LogP contribution < -0.4 is 5.32 Å². The molecule has 5 unspecified atom stereocenters. The van der Waals surface area contributed by atoms with Gasteiger partial charge in [0.05, 0.1) is 0 Å². The van der Waals surface area contributed by atoms with Gasteiger partial charge < -0.3 is 5.32 Å². The molecule has 1 heterocycles. The Labute approximate surface area is 92.4 Å². The first-order valence-corrected chi connectivity index (χ1v) is 7.27. The van der Waals surface area contributed by atoms with Gasteiger partial charge in [0.25, 0.3) is 0 Å². The van der Waals surface area contributed by atoms with Crippen LogP contribution in [0, 0.1) is 17.8 Å². The van der Waals surface area contributed by atoms with Crippen LogP contribution in [-0.4, -0.2) is 24.1 Å². The summed E-state index contributed by atoms with van der Waals surface area (Å²) in [6.45, 7) is 6.07. The summed E-state index contributed by atoms with van der Waals surface area (Å²) in [4.78, 5) is 0. The first kappa shape index (κ1) is 10.8. The van der Waals surface area contributed by atoms with Gasteiger partial charge in [-0.3, -0.25) is 0 Å². The topological polar surface area (TPSA) is 12.0 Å². The van der Waals surface area contributed by atoms with Crippen LogP contribution >= 0.6 is 11.8 Å². The van der Waals surface area contributed by atoms with Gasteiger partial charge in [0.15, 0.2) is 0 Å². The fourth-order valence-electron chi connectivity index (χ4n) is 3.20. The highest BCUT2D eigenvalue weighted by Crippen LogP contribution is 2.44. The molecule has 2 fully saturated rings. The minimum atomic E-state index is 0.756. The third-order valence-corrected chi connectivity index (χ3v) is 5.42. The summed E-state index contributed by atoms with van der Waals surface area (Å²) in [5.74, 6) is 2.95. The van der Waals surface area contributed by atoms with Crippen LogP contribution in [0.2, 0.25) is 0 Å². The average molecular weight is 213 g/mol. The number of thioether (sulfide) groups is 1. The molecule has 1 saturated carbocycles. The van der Waals surface area contributed by atoms with Crippen molar-refractivity contribution in [1.29, 1.82) is 0 Å². The van der Waals surface area contributed by atoms with Crippen LogP contribution in [0.1, 0.15) is 33.1 Å². The van der Waals surface area contributed by atoms with Gasteiger partial charge in [0.1, 0.15) is 0 Å². The molecular formula is C12H23NS. The molecule has 0 bridgehead atoms. The third-order valence-electron chi connectivity index (χ3n) is 4.39. The highest BCUT2D eigenvalue weighted by Gasteiger charge is 2.40. The summed E-state index contributed by atoms with van der Waals surface area (Å²) in [7, 11) is 0. The molecule has 14 heavy (non-hydrogen) atoms. The Morgan fingerprint density at radius 2 is 1.86 bits per heavy atom. The van der Waals surface area contributed by atoms with Gasteiger partial charge in [-0.1, -0.05) is 6.92 Å². The minimum absolute atomic E-state index is 0.756. The Morgan fingerprint density at radius 1 is 1.14 bits per heavy atom. The van der Waals surface area contributed by atoms with E-state index in [0.29, 0.717) is 0 Å². The predicted molar refractivity (Wildman–Crippen MR) is 64.8 cm³/mol. The Hall–Kier alpha value is 0.310. The van der Waals surface area contributed by atoms with Gasteiger partial charge in [-0.2, -0.15) is 11.8 Å². The molecule has 0 aromatic rings. The third kappa shape index (κ3) is 1.96. The quantitative estimate of drug-likeness (QED) is 0.719. The van der Waals surface area contributed by atoms with Gasteiger partial charge in [0, 0.05) is 17.8 Å². The Kier molecular flexibility index (Phi) is 3.43. The summed E-state index contributed by atoms with van der Waals surface area (Å²) < 4.78 is 0. The van der Waals surface area contributed by atoms with E-state index in [0.717, 1.165) is 29.0 Å². The van der Waals surface area contributed by atoms with Gasteiger partial charge in [-0.15, -0.1) is 0 Å². The SMILES string of the molecule is CSC1CNC(C)C2CCC2C(C)C1. The zero-order valence-corrected chi connectivity index (χ0v) is 10.4. The van der Waals surface area contributed by atoms with Crippen molar-refractivity contribution in [3.63, 3.8) is 0 Å². The number of nitrogens with one attached hydrogen (secondary N) is 1. The lowest BCUT2D eigenvalue weighted by atomic mass is 9.63. The molecule has 0 spiro atoms. The second-order valence-corrected chi connectivity index (χ2v) is 6.31.